The highest BCUT2D eigenvalue weighted by Gasteiger charge is 2.27. The number of alkyl halides is 1. The Bertz CT molecular complexity index is 704. The quantitative estimate of drug-likeness (QED) is 0.394. The first kappa shape index (κ1) is 15.5. The summed E-state index contributed by atoms with van der Waals surface area (Å²) >= 11 is 5.73. The van der Waals surface area contributed by atoms with Crippen molar-refractivity contribution < 1.29 is 18.9 Å². The zero-order chi connectivity index (χ0) is 15.5. The lowest BCUT2D eigenvalue weighted by atomic mass is 10.2. The molecule has 0 saturated heterocycles. The maximum Gasteiger partial charge on any atom is 0.408 e. The first-order valence-electron chi connectivity index (χ1n) is 5.85. The molecule has 0 radical (unpaired) electrons. The van der Waals surface area contributed by atoms with Gasteiger partial charge in [0.1, 0.15) is 5.75 Å². The standard InChI is InChI=1S/C13H11ClNO5P/c14-9-10-3-1-2-4-13(10)21(18,19)20-12-7-5-11(6-8-12)15(16)17/h1-8H,9H2,(H,18,19). The molecule has 0 heterocycles. The predicted octanol–water partition coefficient (Wildman–Crippen LogP) is 3.22. The molecular weight excluding hydrogens is 317 g/mol. The summed E-state index contributed by atoms with van der Waals surface area (Å²) in [5.74, 6) is 0.139. The van der Waals surface area contributed by atoms with Crippen molar-refractivity contribution in [3.05, 3.63) is 64.2 Å². The number of nitrogens with zero attached hydrogens (tertiary/aromatic N) is 1. The number of hydrogen-bond acceptors (Lipinski definition) is 4. The lowest BCUT2D eigenvalue weighted by Crippen LogP contribution is -2.13. The molecule has 2 rings (SSSR count). The maximum atomic E-state index is 12.3. The fourth-order valence-corrected chi connectivity index (χ4v) is 3.34. The van der Waals surface area contributed by atoms with Gasteiger partial charge in [-0.05, 0) is 23.8 Å². The highest BCUT2D eigenvalue weighted by atomic mass is 35.5. The van der Waals surface area contributed by atoms with Gasteiger partial charge in [-0.1, -0.05) is 18.2 Å². The number of nitro benzene ring substituents is 1. The number of non-ortho nitro benzene ring substituents is 1. The average Bonchev–Trinajstić information content (AvgIpc) is 2.47. The van der Waals surface area contributed by atoms with E-state index in [9.17, 15) is 19.6 Å². The largest absolute Gasteiger partial charge is 0.421 e. The third-order valence-corrected chi connectivity index (χ3v) is 4.51. The highest BCUT2D eigenvalue weighted by Crippen LogP contribution is 2.43. The summed E-state index contributed by atoms with van der Waals surface area (Å²) < 4.78 is 17.4. The van der Waals surface area contributed by atoms with E-state index in [1.54, 1.807) is 18.2 Å². The minimum Gasteiger partial charge on any atom is -0.421 e. The minimum absolute atomic E-state index is 0.0656. The Morgan fingerprint density at radius 1 is 1.19 bits per heavy atom. The molecule has 0 aliphatic carbocycles. The number of benzene rings is 2. The van der Waals surface area contributed by atoms with Crippen molar-refractivity contribution >= 4 is 30.2 Å². The van der Waals surface area contributed by atoms with Gasteiger partial charge < -0.3 is 9.42 Å². The van der Waals surface area contributed by atoms with Crippen molar-refractivity contribution in [1.29, 1.82) is 0 Å². The van der Waals surface area contributed by atoms with Crippen molar-refractivity contribution in [2.24, 2.45) is 0 Å². The zero-order valence-electron chi connectivity index (χ0n) is 10.7. The molecule has 6 nitrogen and oxygen atoms in total. The van der Waals surface area contributed by atoms with Crippen LogP contribution in [0.3, 0.4) is 0 Å². The first-order valence-corrected chi connectivity index (χ1v) is 7.96. The summed E-state index contributed by atoms with van der Waals surface area (Å²) in [6.07, 6.45) is 0. The van der Waals surface area contributed by atoms with Crippen LogP contribution in [0.5, 0.6) is 5.75 Å². The SMILES string of the molecule is O=[N+]([O-])c1ccc(OP(=O)(O)c2ccccc2CCl)cc1. The number of nitro groups is 1. The van der Waals surface area contributed by atoms with Crippen molar-refractivity contribution in [2.75, 3.05) is 0 Å². The van der Waals surface area contributed by atoms with Crippen LogP contribution in [0.2, 0.25) is 0 Å². The van der Waals surface area contributed by atoms with Crippen LogP contribution in [0.1, 0.15) is 5.56 Å². The molecule has 1 unspecified atom stereocenters. The molecule has 1 N–H and O–H groups in total. The summed E-state index contributed by atoms with van der Waals surface area (Å²) in [4.78, 5) is 20.1. The Morgan fingerprint density at radius 3 is 2.38 bits per heavy atom. The molecule has 1 atom stereocenters. The van der Waals surface area contributed by atoms with Gasteiger partial charge in [-0.2, -0.15) is 0 Å². The third kappa shape index (κ3) is 3.61. The monoisotopic (exact) mass is 327 g/mol. The molecule has 0 aliphatic rings. The lowest BCUT2D eigenvalue weighted by molar-refractivity contribution is -0.384. The lowest BCUT2D eigenvalue weighted by Gasteiger charge is -2.15. The van der Waals surface area contributed by atoms with E-state index in [4.69, 9.17) is 16.1 Å². The van der Waals surface area contributed by atoms with Gasteiger partial charge in [-0.25, -0.2) is 4.57 Å². The molecule has 2 aromatic rings. The van der Waals surface area contributed by atoms with Gasteiger partial charge in [0.15, 0.2) is 0 Å². The second kappa shape index (κ2) is 6.26. The van der Waals surface area contributed by atoms with Crippen LogP contribution in [0.25, 0.3) is 0 Å². The zero-order valence-corrected chi connectivity index (χ0v) is 12.3. The van der Waals surface area contributed by atoms with E-state index in [0.29, 0.717) is 5.56 Å². The van der Waals surface area contributed by atoms with Crippen LogP contribution in [0.15, 0.2) is 48.5 Å². The van der Waals surface area contributed by atoms with Gasteiger partial charge in [0.05, 0.1) is 10.2 Å². The second-order valence-electron chi connectivity index (χ2n) is 4.13. The Kier molecular flexibility index (Phi) is 4.63. The molecule has 2 aromatic carbocycles. The van der Waals surface area contributed by atoms with Gasteiger partial charge in [0.2, 0.25) is 0 Å². The van der Waals surface area contributed by atoms with E-state index < -0.39 is 12.5 Å². The number of hydrogen-bond donors (Lipinski definition) is 1. The predicted molar refractivity (Wildman–Crippen MR) is 79.2 cm³/mol. The van der Waals surface area contributed by atoms with Gasteiger partial charge in [-0.15, -0.1) is 11.6 Å². The molecule has 0 amide bonds. The molecule has 0 bridgehead atoms. The van der Waals surface area contributed by atoms with Gasteiger partial charge in [-0.3, -0.25) is 10.1 Å². The number of halogens is 1. The van der Waals surface area contributed by atoms with E-state index >= 15 is 0 Å². The minimum atomic E-state index is -4.11. The third-order valence-electron chi connectivity index (χ3n) is 2.72. The fourth-order valence-electron chi connectivity index (χ4n) is 1.72. The van der Waals surface area contributed by atoms with Gasteiger partial charge in [0, 0.05) is 18.0 Å². The smallest absolute Gasteiger partial charge is 0.408 e. The molecule has 8 heteroatoms. The molecule has 0 spiro atoms. The van der Waals surface area contributed by atoms with Crippen LogP contribution in [0, 0.1) is 10.1 Å². The number of rotatable bonds is 5. The van der Waals surface area contributed by atoms with Crippen LogP contribution < -0.4 is 9.83 Å². The Hall–Kier alpha value is -1.88. The Morgan fingerprint density at radius 2 is 1.81 bits per heavy atom. The van der Waals surface area contributed by atoms with Crippen LogP contribution in [0.4, 0.5) is 5.69 Å². The topological polar surface area (TPSA) is 89.7 Å². The first-order chi connectivity index (χ1) is 9.94. The van der Waals surface area contributed by atoms with Crippen LogP contribution in [-0.2, 0) is 10.4 Å². The molecule has 0 aromatic heterocycles. The summed E-state index contributed by atoms with van der Waals surface area (Å²) in [7, 11) is -4.11. The van der Waals surface area contributed by atoms with Crippen molar-refractivity contribution in [1.82, 2.24) is 0 Å². The van der Waals surface area contributed by atoms with Crippen molar-refractivity contribution in [3.8, 4) is 5.75 Å². The normalized spacial score (nSPS) is 13.4. The maximum absolute atomic E-state index is 12.3. The Balaban J connectivity index is 2.28. The molecule has 0 fully saturated rings. The van der Waals surface area contributed by atoms with E-state index in [2.05, 4.69) is 0 Å². The summed E-state index contributed by atoms with van der Waals surface area (Å²) in [5, 5.41) is 10.7. The summed E-state index contributed by atoms with van der Waals surface area (Å²) in [6, 6.07) is 11.3. The van der Waals surface area contributed by atoms with Crippen LogP contribution >= 0.6 is 19.2 Å². The van der Waals surface area contributed by atoms with Crippen LogP contribution in [-0.4, -0.2) is 9.82 Å². The molecular formula is C13H11ClNO5P. The molecule has 110 valence electrons. The van der Waals surface area contributed by atoms with E-state index in [1.165, 1.54) is 30.3 Å². The van der Waals surface area contributed by atoms with Crippen molar-refractivity contribution in [3.63, 3.8) is 0 Å². The summed E-state index contributed by atoms with van der Waals surface area (Å²) in [5.41, 5.74) is 0.364. The molecule has 0 saturated carbocycles. The van der Waals surface area contributed by atoms with Crippen molar-refractivity contribution in [2.45, 2.75) is 5.88 Å². The molecule has 0 aliphatic heterocycles. The van der Waals surface area contributed by atoms with E-state index in [1.807, 2.05) is 0 Å². The highest BCUT2D eigenvalue weighted by molar-refractivity contribution is 7.61. The molecule has 21 heavy (non-hydrogen) atoms. The fraction of sp³-hybridized carbons (Fsp3) is 0.0769. The van der Waals surface area contributed by atoms with Gasteiger partial charge >= 0.3 is 7.60 Å². The Labute approximate surface area is 125 Å². The van der Waals surface area contributed by atoms with E-state index in [0.717, 1.165) is 0 Å². The average molecular weight is 328 g/mol. The van der Waals surface area contributed by atoms with E-state index in [-0.39, 0.29) is 22.6 Å². The second-order valence-corrected chi connectivity index (χ2v) is 6.10. The van der Waals surface area contributed by atoms with Gasteiger partial charge in [0.25, 0.3) is 5.69 Å². The summed E-state index contributed by atoms with van der Waals surface area (Å²) in [6.45, 7) is 0.